The summed E-state index contributed by atoms with van der Waals surface area (Å²) in [5.41, 5.74) is 1.64. The SMILES string of the molecule is CC[C@H](C)[C@H](CO)N1C(=O)[C@@H]2[C@H]3C(=O)O[C@@H](c4ccccc4)[C@H](C)NC(=O)CC/C=C\CN(c4c(C)cccc4C)C(=O)[C@@H]1[C@]21C=C(Br)[C@H]3O1. The summed E-state index contributed by atoms with van der Waals surface area (Å²) >= 11 is 3.63. The number of aliphatic hydroxyl groups is 1. The molecule has 2 fully saturated rings. The van der Waals surface area contributed by atoms with Gasteiger partial charge in [0.1, 0.15) is 29.8 Å². The van der Waals surface area contributed by atoms with Gasteiger partial charge < -0.3 is 29.7 Å². The van der Waals surface area contributed by atoms with Crippen LogP contribution in [0.2, 0.25) is 0 Å². The smallest absolute Gasteiger partial charge is 0.313 e. The normalized spacial score (nSPS) is 31.9. The molecule has 4 aliphatic heterocycles. The van der Waals surface area contributed by atoms with Gasteiger partial charge in [-0.2, -0.15) is 0 Å². The summed E-state index contributed by atoms with van der Waals surface area (Å²) in [5.74, 6) is -4.01. The number of cyclic esters (lactones) is 1. The molecule has 0 aromatic heterocycles. The van der Waals surface area contributed by atoms with Crippen LogP contribution in [0.5, 0.6) is 0 Å². The highest BCUT2D eigenvalue weighted by Crippen LogP contribution is 2.60. The first-order valence-electron chi connectivity index (χ1n) is 17.5. The first-order chi connectivity index (χ1) is 23.9. The van der Waals surface area contributed by atoms with Crippen LogP contribution in [-0.2, 0) is 28.7 Å². The summed E-state index contributed by atoms with van der Waals surface area (Å²) in [7, 11) is 0. The number of anilines is 1. The Morgan fingerprint density at radius 1 is 1.00 bits per heavy atom. The molecule has 3 amide bonds. The average Bonchev–Trinajstić information content (AvgIpc) is 3.69. The van der Waals surface area contributed by atoms with Crippen LogP contribution in [0.3, 0.4) is 0 Å². The van der Waals surface area contributed by atoms with Crippen molar-refractivity contribution in [2.24, 2.45) is 17.8 Å². The minimum Gasteiger partial charge on any atom is -0.455 e. The molecule has 9 atom stereocenters. The molecule has 2 aromatic carbocycles. The van der Waals surface area contributed by atoms with E-state index in [2.05, 4.69) is 21.2 Å². The van der Waals surface area contributed by atoms with Crippen LogP contribution >= 0.6 is 15.9 Å². The van der Waals surface area contributed by atoms with Crippen LogP contribution in [-0.4, -0.2) is 76.7 Å². The van der Waals surface area contributed by atoms with Crippen LogP contribution in [0, 0.1) is 31.6 Å². The molecule has 6 rings (SSSR count). The van der Waals surface area contributed by atoms with Gasteiger partial charge in [-0.3, -0.25) is 19.2 Å². The number of carbonyl (C=O) groups excluding carboxylic acids is 4. The van der Waals surface area contributed by atoms with Crippen LogP contribution in [0.15, 0.2) is 71.2 Å². The van der Waals surface area contributed by atoms with Gasteiger partial charge in [0.25, 0.3) is 5.91 Å². The lowest BCUT2D eigenvalue weighted by Crippen LogP contribution is -2.60. The van der Waals surface area contributed by atoms with Crippen molar-refractivity contribution in [1.82, 2.24) is 10.2 Å². The van der Waals surface area contributed by atoms with E-state index in [1.807, 2.05) is 88.4 Å². The van der Waals surface area contributed by atoms with Crippen molar-refractivity contribution in [2.45, 2.75) is 89.8 Å². The minimum atomic E-state index is -1.50. The van der Waals surface area contributed by atoms with Crippen LogP contribution in [0.4, 0.5) is 5.69 Å². The molecule has 1 spiro atoms. The van der Waals surface area contributed by atoms with Crippen molar-refractivity contribution in [3.8, 4) is 0 Å². The fraction of sp³-hybridized carbons (Fsp3) is 0.487. The molecule has 0 aliphatic carbocycles. The second-order valence-corrected chi connectivity index (χ2v) is 14.9. The number of aryl methyl sites for hydroxylation is 2. The zero-order valence-electron chi connectivity index (χ0n) is 29.2. The first-order valence-corrected chi connectivity index (χ1v) is 18.3. The number of esters is 1. The maximum Gasteiger partial charge on any atom is 0.313 e. The summed E-state index contributed by atoms with van der Waals surface area (Å²) in [6.45, 7) is 9.39. The summed E-state index contributed by atoms with van der Waals surface area (Å²) in [6, 6.07) is 12.5. The molecular weight excluding hydrogens is 702 g/mol. The van der Waals surface area contributed by atoms with Gasteiger partial charge in [-0.05, 0) is 55.9 Å². The number of aliphatic hydroxyl groups excluding tert-OH is 1. The zero-order chi connectivity index (χ0) is 35.9. The Morgan fingerprint density at radius 2 is 1.70 bits per heavy atom. The van der Waals surface area contributed by atoms with Gasteiger partial charge in [-0.15, -0.1) is 0 Å². The number of halogens is 1. The highest BCUT2D eigenvalue weighted by Gasteiger charge is 2.75. The highest BCUT2D eigenvalue weighted by atomic mass is 79.9. The Hall–Kier alpha value is -3.80. The van der Waals surface area contributed by atoms with Gasteiger partial charge in [-0.1, -0.05) is 96.9 Å². The molecule has 0 saturated carbocycles. The van der Waals surface area contributed by atoms with Gasteiger partial charge in [0.2, 0.25) is 11.8 Å². The van der Waals surface area contributed by atoms with E-state index in [0.717, 1.165) is 11.1 Å². The van der Waals surface area contributed by atoms with Crippen molar-refractivity contribution >= 4 is 45.3 Å². The lowest BCUT2D eigenvalue weighted by Gasteiger charge is -2.40. The van der Waals surface area contributed by atoms with E-state index in [1.165, 1.54) is 4.90 Å². The maximum atomic E-state index is 15.3. The number of allylic oxidation sites excluding steroid dienone is 1. The van der Waals surface area contributed by atoms with E-state index >= 15 is 4.79 Å². The van der Waals surface area contributed by atoms with E-state index in [-0.39, 0.29) is 37.3 Å². The molecule has 50 heavy (non-hydrogen) atoms. The zero-order valence-corrected chi connectivity index (χ0v) is 30.8. The number of nitrogens with zero attached hydrogens (tertiary/aromatic N) is 2. The molecule has 4 heterocycles. The van der Waals surface area contributed by atoms with Crippen molar-refractivity contribution in [3.63, 3.8) is 0 Å². The highest BCUT2D eigenvalue weighted by molar-refractivity contribution is 9.11. The van der Waals surface area contributed by atoms with Crippen LogP contribution < -0.4 is 10.2 Å². The topological polar surface area (TPSA) is 125 Å². The molecule has 5 bridgehead atoms. The third-order valence-corrected chi connectivity index (χ3v) is 11.6. The number of likely N-dealkylation sites (tertiary alicyclic amines) is 1. The molecular formula is C39H46BrN3O7. The summed E-state index contributed by atoms with van der Waals surface area (Å²) < 4.78 is 13.6. The average molecular weight is 749 g/mol. The van der Waals surface area contributed by atoms with E-state index in [9.17, 15) is 19.5 Å². The number of nitrogens with one attached hydrogen (secondary N) is 1. The number of benzene rings is 2. The van der Waals surface area contributed by atoms with Gasteiger partial charge >= 0.3 is 5.97 Å². The van der Waals surface area contributed by atoms with Gasteiger partial charge in [-0.25, -0.2) is 0 Å². The van der Waals surface area contributed by atoms with Gasteiger partial charge in [0, 0.05) is 23.1 Å². The first kappa shape index (κ1) is 36.0. The number of carbonyl (C=O) groups is 4. The molecule has 11 heteroatoms. The molecule has 266 valence electrons. The number of hydrogen-bond acceptors (Lipinski definition) is 7. The third kappa shape index (κ3) is 6.11. The van der Waals surface area contributed by atoms with Crippen molar-refractivity contribution < 1.29 is 33.8 Å². The van der Waals surface area contributed by atoms with Crippen LogP contribution in [0.1, 0.15) is 62.8 Å². The van der Waals surface area contributed by atoms with Crippen molar-refractivity contribution in [3.05, 3.63) is 87.9 Å². The number of rotatable bonds is 6. The molecule has 4 aliphatic rings. The third-order valence-electron chi connectivity index (χ3n) is 10.9. The minimum absolute atomic E-state index is 0.164. The van der Waals surface area contributed by atoms with E-state index in [4.69, 9.17) is 9.47 Å². The monoisotopic (exact) mass is 747 g/mol. The van der Waals surface area contributed by atoms with Gasteiger partial charge in [0.05, 0.1) is 24.6 Å². The molecule has 10 nitrogen and oxygen atoms in total. The molecule has 0 unspecified atom stereocenters. The largest absolute Gasteiger partial charge is 0.455 e. The molecule has 2 N–H and O–H groups in total. The van der Waals surface area contributed by atoms with Gasteiger partial charge in [0.15, 0.2) is 0 Å². The number of amides is 3. The second kappa shape index (κ2) is 14.4. The van der Waals surface area contributed by atoms with E-state index in [1.54, 1.807) is 17.9 Å². The lowest BCUT2D eigenvalue weighted by molar-refractivity contribution is -0.162. The molecule has 0 radical (unpaired) electrons. The fourth-order valence-corrected chi connectivity index (χ4v) is 9.00. The summed E-state index contributed by atoms with van der Waals surface area (Å²) in [6.07, 6.45) is 5.08. The van der Waals surface area contributed by atoms with E-state index < -0.39 is 59.6 Å². The Labute approximate surface area is 302 Å². The number of para-hydroxylation sites is 1. The fourth-order valence-electron chi connectivity index (χ4n) is 8.27. The molecule has 2 saturated heterocycles. The predicted molar refractivity (Wildman–Crippen MR) is 192 cm³/mol. The van der Waals surface area contributed by atoms with E-state index in [0.29, 0.717) is 28.6 Å². The Balaban J connectivity index is 1.53. The van der Waals surface area contributed by atoms with Crippen molar-refractivity contribution in [2.75, 3.05) is 18.1 Å². The van der Waals surface area contributed by atoms with Crippen LogP contribution in [0.25, 0.3) is 0 Å². The number of hydrogen-bond donors (Lipinski definition) is 2. The predicted octanol–water partition coefficient (Wildman–Crippen LogP) is 5.06. The number of ether oxygens (including phenoxy) is 2. The lowest BCUT2D eigenvalue weighted by atomic mass is 9.74. The number of fused-ring (bicyclic) bond motifs is 2. The van der Waals surface area contributed by atoms with Crippen molar-refractivity contribution in [1.29, 1.82) is 0 Å². The maximum absolute atomic E-state index is 15.3. The summed E-state index contributed by atoms with van der Waals surface area (Å²) in [5, 5.41) is 13.8. The Bertz CT molecular complexity index is 1690. The molecule has 2 aromatic rings. The Morgan fingerprint density at radius 3 is 2.36 bits per heavy atom. The standard InChI is InChI=1S/C39H46BrN3O7/c1-6-22(2)28(21-44)43-35-37(47)42(32-23(3)14-13-15-24(32)4)19-12-8-11-18-29(45)41-25(5)33(26-16-9-7-10-17-26)49-38(48)30-31(36(43)46)39(35)20-27(40)34(30)50-39/h7-10,12-17,20,22,25,28,30-31,33-35,44H,6,11,18-19,21H2,1-5H3,(H,41,45)/b12-8-/t22-,25-,28-,30+,31-,33+,34+,35+,39-/m0/s1. The summed E-state index contributed by atoms with van der Waals surface area (Å²) in [4.78, 5) is 61.0. The quantitative estimate of drug-likeness (QED) is 0.313. The second-order valence-electron chi connectivity index (χ2n) is 14.0. The Kier molecular flexibility index (Phi) is 10.4.